The van der Waals surface area contributed by atoms with Crippen LogP contribution in [0.15, 0.2) is 24.3 Å². The van der Waals surface area contributed by atoms with E-state index in [-0.39, 0.29) is 18.1 Å². The molecular formula is C14H20N2O2. The minimum absolute atomic E-state index is 0.0714. The highest BCUT2D eigenvalue weighted by atomic mass is 16.5. The van der Waals surface area contributed by atoms with Crippen molar-refractivity contribution < 1.29 is 9.53 Å². The molecule has 2 unspecified atom stereocenters. The lowest BCUT2D eigenvalue weighted by molar-refractivity contribution is -0.132. The van der Waals surface area contributed by atoms with E-state index in [4.69, 9.17) is 4.74 Å². The quantitative estimate of drug-likeness (QED) is 0.879. The first-order valence-electron chi connectivity index (χ1n) is 6.30. The third-order valence-corrected chi connectivity index (χ3v) is 3.45. The summed E-state index contributed by atoms with van der Waals surface area (Å²) in [6.45, 7) is 2.86. The molecular weight excluding hydrogens is 228 g/mol. The molecule has 0 aliphatic carbocycles. The maximum absolute atomic E-state index is 11.8. The molecule has 2 rings (SSSR count). The fourth-order valence-electron chi connectivity index (χ4n) is 2.09. The second-order valence-corrected chi connectivity index (χ2v) is 4.74. The topological polar surface area (TPSA) is 41.6 Å². The van der Waals surface area contributed by atoms with Gasteiger partial charge in [-0.05, 0) is 31.7 Å². The summed E-state index contributed by atoms with van der Waals surface area (Å²) in [6.07, 6.45) is 0.441. The van der Waals surface area contributed by atoms with Gasteiger partial charge >= 0.3 is 0 Å². The van der Waals surface area contributed by atoms with E-state index in [0.717, 1.165) is 24.3 Å². The summed E-state index contributed by atoms with van der Waals surface area (Å²) < 4.78 is 5.77. The molecule has 1 aliphatic heterocycles. The molecule has 98 valence electrons. The zero-order chi connectivity index (χ0) is 13.1. The number of likely N-dealkylation sites (tertiary alicyclic amines) is 1. The van der Waals surface area contributed by atoms with Crippen molar-refractivity contribution in [1.29, 1.82) is 0 Å². The van der Waals surface area contributed by atoms with Gasteiger partial charge in [-0.15, -0.1) is 0 Å². The summed E-state index contributed by atoms with van der Waals surface area (Å²) in [5, 5.41) is 3.19. The summed E-state index contributed by atoms with van der Waals surface area (Å²) in [5.41, 5.74) is 1.16. The molecule has 4 nitrogen and oxygen atoms in total. The lowest BCUT2D eigenvalue weighted by Crippen LogP contribution is -2.29. The van der Waals surface area contributed by atoms with Crippen molar-refractivity contribution in [1.82, 2.24) is 10.2 Å². The van der Waals surface area contributed by atoms with E-state index in [1.807, 2.05) is 32.3 Å². The molecule has 1 N–H and O–H groups in total. The number of rotatable bonds is 4. The van der Waals surface area contributed by atoms with Gasteiger partial charge in [-0.3, -0.25) is 4.79 Å². The van der Waals surface area contributed by atoms with Gasteiger partial charge in [-0.2, -0.15) is 0 Å². The number of hydrogen-bond acceptors (Lipinski definition) is 3. The first-order chi connectivity index (χ1) is 8.61. The number of benzene rings is 1. The number of hydrogen-bond donors (Lipinski definition) is 1. The maximum atomic E-state index is 11.8. The van der Waals surface area contributed by atoms with E-state index in [9.17, 15) is 4.79 Å². The summed E-state index contributed by atoms with van der Waals surface area (Å²) in [5.74, 6) is 0.838. The highest BCUT2D eigenvalue weighted by Crippen LogP contribution is 2.22. The minimum atomic E-state index is -0.324. The van der Waals surface area contributed by atoms with Gasteiger partial charge in [0.15, 0.2) is 6.10 Å². The second kappa shape index (κ2) is 5.40. The Morgan fingerprint density at radius 2 is 2.28 bits per heavy atom. The zero-order valence-electron chi connectivity index (χ0n) is 11.1. The largest absolute Gasteiger partial charge is 0.481 e. The highest BCUT2D eigenvalue weighted by molar-refractivity contribution is 5.83. The lowest BCUT2D eigenvalue weighted by atomic mass is 10.1. The summed E-state index contributed by atoms with van der Waals surface area (Å²) in [7, 11) is 3.73. The van der Waals surface area contributed by atoms with Crippen LogP contribution in [0.25, 0.3) is 0 Å². The molecule has 1 saturated heterocycles. The first kappa shape index (κ1) is 12.9. The van der Waals surface area contributed by atoms with Gasteiger partial charge in [0.05, 0.1) is 0 Å². The van der Waals surface area contributed by atoms with Crippen molar-refractivity contribution in [2.45, 2.75) is 25.5 Å². The molecule has 4 heteroatoms. The van der Waals surface area contributed by atoms with Crippen LogP contribution in [0.1, 0.15) is 24.9 Å². The molecule has 1 heterocycles. The van der Waals surface area contributed by atoms with Crippen LogP contribution in [0.3, 0.4) is 0 Å². The monoisotopic (exact) mass is 248 g/mol. The van der Waals surface area contributed by atoms with Crippen LogP contribution >= 0.6 is 0 Å². The average Bonchev–Trinajstić information content (AvgIpc) is 2.70. The molecule has 1 aromatic carbocycles. The van der Waals surface area contributed by atoms with Crippen LogP contribution in [-0.2, 0) is 4.79 Å². The molecule has 1 aliphatic rings. The molecule has 0 spiro atoms. The number of carbonyl (C=O) groups excluding carboxylic acids is 1. The van der Waals surface area contributed by atoms with Gasteiger partial charge in [-0.1, -0.05) is 12.1 Å². The van der Waals surface area contributed by atoms with E-state index in [0.29, 0.717) is 0 Å². The van der Waals surface area contributed by atoms with E-state index >= 15 is 0 Å². The maximum Gasteiger partial charge on any atom is 0.263 e. The minimum Gasteiger partial charge on any atom is -0.481 e. The van der Waals surface area contributed by atoms with E-state index in [1.165, 1.54) is 0 Å². The van der Waals surface area contributed by atoms with Crippen molar-refractivity contribution in [2.75, 3.05) is 20.6 Å². The number of likely N-dealkylation sites (N-methyl/N-ethyl adjacent to an activating group) is 1. The Bertz CT molecular complexity index is 434. The molecule has 0 saturated carbocycles. The van der Waals surface area contributed by atoms with Crippen molar-refractivity contribution in [3.8, 4) is 5.75 Å². The second-order valence-electron chi connectivity index (χ2n) is 4.74. The predicted molar refractivity (Wildman–Crippen MR) is 70.6 cm³/mol. The fraction of sp³-hybridized carbons (Fsp3) is 0.500. The van der Waals surface area contributed by atoms with Gasteiger partial charge < -0.3 is 15.0 Å². The Kier molecular flexibility index (Phi) is 3.87. The van der Waals surface area contributed by atoms with Crippen molar-refractivity contribution >= 4 is 5.91 Å². The molecule has 0 radical (unpaired) electrons. The predicted octanol–water partition coefficient (Wildman–Crippen LogP) is 1.58. The third-order valence-electron chi connectivity index (χ3n) is 3.45. The number of nitrogens with one attached hydrogen (secondary N) is 1. The SMILES string of the molecule is CNC(C)c1cccc(OC2CCN(C)C2=O)c1. The number of carbonyl (C=O) groups is 1. The van der Waals surface area contributed by atoms with Crippen LogP contribution in [0.4, 0.5) is 0 Å². The van der Waals surface area contributed by atoms with Crippen molar-refractivity contribution in [2.24, 2.45) is 0 Å². The van der Waals surface area contributed by atoms with E-state index in [1.54, 1.807) is 4.90 Å². The Labute approximate surface area is 108 Å². The van der Waals surface area contributed by atoms with Crippen LogP contribution in [0.5, 0.6) is 5.75 Å². The third kappa shape index (κ3) is 2.64. The number of nitrogens with zero attached hydrogens (tertiary/aromatic N) is 1. The fourth-order valence-corrected chi connectivity index (χ4v) is 2.09. The van der Waals surface area contributed by atoms with Crippen molar-refractivity contribution in [3.63, 3.8) is 0 Å². The van der Waals surface area contributed by atoms with Gasteiger partial charge in [0.2, 0.25) is 0 Å². The highest BCUT2D eigenvalue weighted by Gasteiger charge is 2.30. The molecule has 1 fully saturated rings. The Balaban J connectivity index is 2.08. The van der Waals surface area contributed by atoms with Gasteiger partial charge in [0.1, 0.15) is 5.75 Å². The molecule has 0 bridgehead atoms. The molecule has 1 amide bonds. The van der Waals surface area contributed by atoms with Gasteiger partial charge in [-0.25, -0.2) is 0 Å². The Morgan fingerprint density at radius 1 is 1.50 bits per heavy atom. The average molecular weight is 248 g/mol. The zero-order valence-corrected chi connectivity index (χ0v) is 11.1. The summed E-state index contributed by atoms with van der Waals surface area (Å²) >= 11 is 0. The van der Waals surface area contributed by atoms with Crippen LogP contribution in [-0.4, -0.2) is 37.6 Å². The Morgan fingerprint density at radius 3 is 2.89 bits per heavy atom. The molecule has 18 heavy (non-hydrogen) atoms. The van der Waals surface area contributed by atoms with Crippen LogP contribution < -0.4 is 10.1 Å². The van der Waals surface area contributed by atoms with Gasteiger partial charge in [0.25, 0.3) is 5.91 Å². The van der Waals surface area contributed by atoms with E-state index < -0.39 is 0 Å². The smallest absolute Gasteiger partial charge is 0.263 e. The molecule has 2 atom stereocenters. The molecule has 1 aromatic rings. The first-order valence-corrected chi connectivity index (χ1v) is 6.30. The van der Waals surface area contributed by atoms with Crippen LogP contribution in [0, 0.1) is 0 Å². The summed E-state index contributed by atoms with van der Waals surface area (Å²) in [4.78, 5) is 13.5. The number of amides is 1. The van der Waals surface area contributed by atoms with Crippen LogP contribution in [0.2, 0.25) is 0 Å². The van der Waals surface area contributed by atoms with E-state index in [2.05, 4.69) is 18.3 Å². The van der Waals surface area contributed by atoms with Gasteiger partial charge in [0, 0.05) is 26.1 Å². The molecule has 0 aromatic heterocycles. The normalized spacial score (nSPS) is 21.2. The number of ether oxygens (including phenoxy) is 1. The van der Waals surface area contributed by atoms with Crippen molar-refractivity contribution in [3.05, 3.63) is 29.8 Å². The summed E-state index contributed by atoms with van der Waals surface area (Å²) in [6, 6.07) is 8.18. The lowest BCUT2D eigenvalue weighted by Gasteiger charge is -2.15. The Hall–Kier alpha value is -1.55. The standard InChI is InChI=1S/C14H20N2O2/c1-10(15-2)11-5-4-6-12(9-11)18-13-7-8-16(3)14(13)17/h4-6,9-10,13,15H,7-8H2,1-3H3.